The average molecular weight is 220 g/mol. The van der Waals surface area contributed by atoms with Gasteiger partial charge in [-0.25, -0.2) is 4.98 Å². The van der Waals surface area contributed by atoms with E-state index in [-0.39, 0.29) is 0 Å². The number of fused-ring (bicyclic) bond motifs is 1. The number of benzene rings is 1. The van der Waals surface area contributed by atoms with Gasteiger partial charge in [0.1, 0.15) is 12.1 Å². The van der Waals surface area contributed by atoms with E-state index in [1.807, 2.05) is 18.2 Å². The summed E-state index contributed by atoms with van der Waals surface area (Å²) < 4.78 is 11.0. The first-order chi connectivity index (χ1) is 7.66. The van der Waals surface area contributed by atoms with Gasteiger partial charge in [-0.05, 0) is 18.1 Å². The van der Waals surface area contributed by atoms with Crippen LogP contribution in [0.3, 0.4) is 0 Å². The van der Waals surface area contributed by atoms with E-state index in [0.717, 1.165) is 0 Å². The fourth-order valence-electron chi connectivity index (χ4n) is 1.46. The van der Waals surface area contributed by atoms with Crippen LogP contribution in [0.25, 0.3) is 11.1 Å². The molecule has 2 N–H and O–H groups in total. The molecule has 2 rings (SSSR count). The van der Waals surface area contributed by atoms with Crippen LogP contribution in [0.15, 0.2) is 22.6 Å². The van der Waals surface area contributed by atoms with Gasteiger partial charge in [0.2, 0.25) is 5.89 Å². The number of oxazole rings is 1. The smallest absolute Gasteiger partial charge is 0.221 e. The van der Waals surface area contributed by atoms with Crippen LogP contribution >= 0.6 is 0 Å². The monoisotopic (exact) mass is 220 g/mol. The molecule has 16 heavy (non-hydrogen) atoms. The standard InChI is InChI=1S/C12H16N2O2/c1-8(2)6-15-7-11-14-12-9(13)4-3-5-10(12)16-11/h3-5,8H,6-7,13H2,1-2H3. The lowest BCUT2D eigenvalue weighted by Gasteiger charge is -2.03. The lowest BCUT2D eigenvalue weighted by Crippen LogP contribution is -2.01. The molecule has 0 saturated heterocycles. The lowest BCUT2D eigenvalue weighted by molar-refractivity contribution is 0.0825. The highest BCUT2D eigenvalue weighted by Crippen LogP contribution is 2.21. The van der Waals surface area contributed by atoms with Crippen LogP contribution in [0.5, 0.6) is 0 Å². The van der Waals surface area contributed by atoms with Crippen molar-refractivity contribution in [3.63, 3.8) is 0 Å². The van der Waals surface area contributed by atoms with Gasteiger partial charge >= 0.3 is 0 Å². The average Bonchev–Trinajstić information content (AvgIpc) is 2.61. The van der Waals surface area contributed by atoms with Gasteiger partial charge in [0.15, 0.2) is 5.58 Å². The van der Waals surface area contributed by atoms with Crippen LogP contribution < -0.4 is 5.73 Å². The Kier molecular flexibility index (Phi) is 3.10. The quantitative estimate of drug-likeness (QED) is 0.804. The third-order valence-corrected chi connectivity index (χ3v) is 2.17. The van der Waals surface area contributed by atoms with E-state index in [2.05, 4.69) is 18.8 Å². The Morgan fingerprint density at radius 1 is 1.44 bits per heavy atom. The van der Waals surface area contributed by atoms with Crippen LogP contribution in [0.1, 0.15) is 19.7 Å². The van der Waals surface area contributed by atoms with Crippen molar-refractivity contribution in [1.29, 1.82) is 0 Å². The highest BCUT2D eigenvalue weighted by atomic mass is 16.5. The minimum Gasteiger partial charge on any atom is -0.438 e. The molecular weight excluding hydrogens is 204 g/mol. The Hall–Kier alpha value is -1.55. The van der Waals surface area contributed by atoms with Crippen molar-refractivity contribution < 1.29 is 9.15 Å². The van der Waals surface area contributed by atoms with E-state index in [1.165, 1.54) is 0 Å². The molecule has 0 spiro atoms. The fourth-order valence-corrected chi connectivity index (χ4v) is 1.46. The molecule has 0 saturated carbocycles. The molecular formula is C12H16N2O2. The van der Waals surface area contributed by atoms with Crippen LogP contribution in [0.2, 0.25) is 0 Å². The maximum Gasteiger partial charge on any atom is 0.221 e. The fraction of sp³-hybridized carbons (Fsp3) is 0.417. The van der Waals surface area contributed by atoms with Crippen LogP contribution in [0.4, 0.5) is 5.69 Å². The summed E-state index contributed by atoms with van der Waals surface area (Å²) in [7, 11) is 0. The largest absolute Gasteiger partial charge is 0.438 e. The molecule has 0 unspecified atom stereocenters. The third kappa shape index (κ3) is 2.33. The summed E-state index contributed by atoms with van der Waals surface area (Å²) in [5, 5.41) is 0. The number of hydrogen-bond acceptors (Lipinski definition) is 4. The van der Waals surface area contributed by atoms with Gasteiger partial charge < -0.3 is 14.9 Å². The lowest BCUT2D eigenvalue weighted by atomic mass is 10.2. The van der Waals surface area contributed by atoms with Crippen molar-refractivity contribution in [3.05, 3.63) is 24.1 Å². The third-order valence-electron chi connectivity index (χ3n) is 2.17. The molecule has 86 valence electrons. The Balaban J connectivity index is 2.11. The molecule has 0 atom stereocenters. The van der Waals surface area contributed by atoms with Gasteiger partial charge in [-0.1, -0.05) is 19.9 Å². The first-order valence-electron chi connectivity index (χ1n) is 5.38. The number of anilines is 1. The molecule has 0 aliphatic rings. The first-order valence-corrected chi connectivity index (χ1v) is 5.38. The molecule has 1 aromatic heterocycles. The second-order valence-corrected chi connectivity index (χ2v) is 4.21. The molecule has 0 radical (unpaired) electrons. The normalized spacial score (nSPS) is 11.4. The van der Waals surface area contributed by atoms with E-state index in [0.29, 0.717) is 41.8 Å². The summed E-state index contributed by atoms with van der Waals surface area (Å²) in [6.07, 6.45) is 0. The molecule has 0 aliphatic carbocycles. The second kappa shape index (κ2) is 4.53. The van der Waals surface area contributed by atoms with E-state index in [4.69, 9.17) is 14.9 Å². The number of nitrogens with zero attached hydrogens (tertiary/aromatic N) is 1. The number of nitrogen functional groups attached to an aromatic ring is 1. The van der Waals surface area contributed by atoms with Crippen LogP contribution in [-0.4, -0.2) is 11.6 Å². The summed E-state index contributed by atoms with van der Waals surface area (Å²) in [6.45, 7) is 5.30. The summed E-state index contributed by atoms with van der Waals surface area (Å²) in [4.78, 5) is 4.29. The van der Waals surface area contributed by atoms with Crippen molar-refractivity contribution in [1.82, 2.24) is 4.98 Å². The van der Waals surface area contributed by atoms with Gasteiger partial charge in [-0.3, -0.25) is 0 Å². The number of para-hydroxylation sites is 1. The van der Waals surface area contributed by atoms with E-state index < -0.39 is 0 Å². The molecule has 4 heteroatoms. The Labute approximate surface area is 94.4 Å². The van der Waals surface area contributed by atoms with Crippen LogP contribution in [0, 0.1) is 5.92 Å². The van der Waals surface area contributed by atoms with E-state index >= 15 is 0 Å². The maximum absolute atomic E-state index is 5.78. The summed E-state index contributed by atoms with van der Waals surface area (Å²) >= 11 is 0. The number of aromatic nitrogens is 1. The Morgan fingerprint density at radius 2 is 2.25 bits per heavy atom. The minimum absolute atomic E-state index is 0.395. The van der Waals surface area contributed by atoms with E-state index in [9.17, 15) is 0 Å². The van der Waals surface area contributed by atoms with Gasteiger partial charge in [-0.15, -0.1) is 0 Å². The molecule has 1 aromatic carbocycles. The molecule has 4 nitrogen and oxygen atoms in total. The molecule has 1 heterocycles. The topological polar surface area (TPSA) is 61.3 Å². The number of rotatable bonds is 4. The molecule has 2 aromatic rings. The zero-order valence-electron chi connectivity index (χ0n) is 9.56. The first kappa shape index (κ1) is 11.0. The summed E-state index contributed by atoms with van der Waals surface area (Å²) in [5.74, 6) is 1.09. The second-order valence-electron chi connectivity index (χ2n) is 4.21. The SMILES string of the molecule is CC(C)COCc1nc2c(N)cccc2o1. The number of hydrogen-bond donors (Lipinski definition) is 1. The van der Waals surface area contributed by atoms with E-state index in [1.54, 1.807) is 0 Å². The molecule has 0 aliphatic heterocycles. The molecule has 0 amide bonds. The van der Waals surface area contributed by atoms with Crippen molar-refractivity contribution in [2.24, 2.45) is 5.92 Å². The summed E-state index contributed by atoms with van der Waals surface area (Å²) in [5.41, 5.74) is 7.84. The molecule has 0 bridgehead atoms. The number of nitrogens with two attached hydrogens (primary N) is 1. The Morgan fingerprint density at radius 3 is 2.94 bits per heavy atom. The van der Waals surface area contributed by atoms with Crippen LogP contribution in [-0.2, 0) is 11.3 Å². The highest BCUT2D eigenvalue weighted by molar-refractivity contribution is 5.85. The van der Waals surface area contributed by atoms with Crippen molar-refractivity contribution in [2.75, 3.05) is 12.3 Å². The zero-order valence-corrected chi connectivity index (χ0v) is 9.56. The van der Waals surface area contributed by atoms with Crippen molar-refractivity contribution in [3.8, 4) is 0 Å². The van der Waals surface area contributed by atoms with Gasteiger partial charge in [-0.2, -0.15) is 0 Å². The number of ether oxygens (including phenoxy) is 1. The van der Waals surface area contributed by atoms with Gasteiger partial charge in [0.25, 0.3) is 0 Å². The highest BCUT2D eigenvalue weighted by Gasteiger charge is 2.08. The minimum atomic E-state index is 0.395. The summed E-state index contributed by atoms with van der Waals surface area (Å²) in [6, 6.07) is 5.51. The van der Waals surface area contributed by atoms with Crippen molar-refractivity contribution >= 4 is 16.8 Å². The van der Waals surface area contributed by atoms with Gasteiger partial charge in [0, 0.05) is 6.61 Å². The predicted octanol–water partition coefficient (Wildman–Crippen LogP) is 2.58. The predicted molar refractivity (Wildman–Crippen MR) is 62.9 cm³/mol. The zero-order chi connectivity index (χ0) is 11.5. The Bertz CT molecular complexity index is 477. The molecule has 0 fully saturated rings. The van der Waals surface area contributed by atoms with Crippen molar-refractivity contribution in [2.45, 2.75) is 20.5 Å². The maximum atomic E-state index is 5.78. The van der Waals surface area contributed by atoms with Gasteiger partial charge in [0.05, 0.1) is 5.69 Å².